The molecule has 0 aliphatic heterocycles. The van der Waals surface area contributed by atoms with Crippen molar-refractivity contribution >= 4 is 11.9 Å². The molecule has 5 heteroatoms. The quantitative estimate of drug-likeness (QED) is 0.544. The van der Waals surface area contributed by atoms with Crippen LogP contribution in [0, 0.1) is 5.92 Å². The van der Waals surface area contributed by atoms with Gasteiger partial charge in [-0.3, -0.25) is 9.59 Å². The molecule has 3 atom stereocenters. The summed E-state index contributed by atoms with van der Waals surface area (Å²) in [4.78, 5) is 24.8. The molecule has 0 bridgehead atoms. The number of carbonyl (C=O) groups excluding carboxylic acids is 2. The summed E-state index contributed by atoms with van der Waals surface area (Å²) in [5, 5.41) is 0. The van der Waals surface area contributed by atoms with E-state index in [-0.39, 0.29) is 12.5 Å². The summed E-state index contributed by atoms with van der Waals surface area (Å²) in [5.41, 5.74) is 0.452. The zero-order chi connectivity index (χ0) is 22.1. The maximum absolute atomic E-state index is 12.7. The predicted molar refractivity (Wildman–Crippen MR) is 116 cm³/mol. The van der Waals surface area contributed by atoms with Gasteiger partial charge in [-0.05, 0) is 45.4 Å². The Labute approximate surface area is 179 Å². The average Bonchev–Trinajstić information content (AvgIpc) is 2.67. The molecule has 0 saturated heterocycles. The van der Waals surface area contributed by atoms with Crippen LogP contribution >= 0.6 is 0 Å². The lowest BCUT2D eigenvalue weighted by Gasteiger charge is -2.27. The van der Waals surface area contributed by atoms with Crippen LogP contribution in [0.25, 0.3) is 0 Å². The normalized spacial score (nSPS) is 14.3. The highest BCUT2D eigenvalue weighted by atomic mass is 16.6. The van der Waals surface area contributed by atoms with Crippen LogP contribution in [0.1, 0.15) is 46.6 Å². The molecule has 0 aromatic heterocycles. The van der Waals surface area contributed by atoms with Crippen molar-refractivity contribution in [3.63, 3.8) is 0 Å². The molecule has 2 rings (SSSR count). The largest absolute Gasteiger partial charge is 0.487 e. The fourth-order valence-corrected chi connectivity index (χ4v) is 2.92. The summed E-state index contributed by atoms with van der Waals surface area (Å²) in [6.07, 6.45) is -0.381. The molecular weight excluding hydrogens is 380 g/mol. The summed E-state index contributed by atoms with van der Waals surface area (Å²) in [7, 11) is 0. The first-order chi connectivity index (χ1) is 14.1. The van der Waals surface area contributed by atoms with E-state index >= 15 is 0 Å². The van der Waals surface area contributed by atoms with Gasteiger partial charge >= 0.3 is 11.9 Å². The van der Waals surface area contributed by atoms with E-state index in [1.165, 1.54) is 0 Å². The molecule has 0 N–H and O–H groups in total. The van der Waals surface area contributed by atoms with Gasteiger partial charge in [-0.2, -0.15) is 0 Å². The van der Waals surface area contributed by atoms with E-state index in [1.807, 2.05) is 67.6 Å². The Balaban J connectivity index is 2.05. The van der Waals surface area contributed by atoms with Gasteiger partial charge in [-0.1, -0.05) is 55.5 Å². The summed E-state index contributed by atoms with van der Waals surface area (Å²) in [6.45, 7) is 8.95. The molecule has 30 heavy (non-hydrogen) atoms. The lowest BCUT2D eigenvalue weighted by Crippen LogP contribution is -2.37. The fraction of sp³-hybridized carbons (Fsp3) is 0.440. The monoisotopic (exact) mass is 412 g/mol. The Morgan fingerprint density at radius 1 is 0.900 bits per heavy atom. The van der Waals surface area contributed by atoms with Crippen LogP contribution in [0.4, 0.5) is 0 Å². The lowest BCUT2D eigenvalue weighted by molar-refractivity contribution is -0.165. The minimum absolute atomic E-state index is 0.0257. The third kappa shape index (κ3) is 8.27. The van der Waals surface area contributed by atoms with Crippen molar-refractivity contribution in [2.75, 3.05) is 0 Å². The third-order valence-corrected chi connectivity index (χ3v) is 4.43. The second-order valence-corrected chi connectivity index (χ2v) is 8.49. The number of carbonyl (C=O) groups is 2. The molecule has 0 spiro atoms. The van der Waals surface area contributed by atoms with Gasteiger partial charge in [0, 0.05) is 6.42 Å². The standard InChI is InChI=1S/C25H32O5/c1-18(16-23(26)30-25(3,4)5)24(27)29-22(17-20-12-8-6-9-13-20)19(2)28-21-14-10-7-11-15-21/h6-15,18-19,22H,16-17H2,1-5H3/t18-,19+,22?/m1/s1. The highest BCUT2D eigenvalue weighted by molar-refractivity contribution is 5.80. The SMILES string of the molecule is C[C@H](CC(=O)OC(C)(C)C)C(=O)OC(Cc1ccccc1)[C@H](C)Oc1ccccc1. The fourth-order valence-electron chi connectivity index (χ4n) is 2.92. The van der Waals surface area contributed by atoms with Gasteiger partial charge in [0.2, 0.25) is 0 Å². The van der Waals surface area contributed by atoms with E-state index in [0.717, 1.165) is 5.56 Å². The van der Waals surface area contributed by atoms with E-state index in [9.17, 15) is 9.59 Å². The minimum Gasteiger partial charge on any atom is -0.487 e. The number of hydrogen-bond donors (Lipinski definition) is 0. The summed E-state index contributed by atoms with van der Waals surface area (Å²) in [5.74, 6) is -0.756. The molecule has 0 saturated carbocycles. The van der Waals surface area contributed by atoms with Crippen LogP contribution in [0.3, 0.4) is 0 Å². The first-order valence-electron chi connectivity index (χ1n) is 10.3. The molecule has 0 radical (unpaired) electrons. The lowest BCUT2D eigenvalue weighted by atomic mass is 10.0. The molecule has 1 unspecified atom stereocenters. The van der Waals surface area contributed by atoms with Crippen molar-refractivity contribution in [3.8, 4) is 5.75 Å². The number of esters is 2. The molecule has 5 nitrogen and oxygen atoms in total. The molecule has 2 aromatic rings. The molecule has 162 valence electrons. The Morgan fingerprint density at radius 2 is 1.47 bits per heavy atom. The van der Waals surface area contributed by atoms with E-state index in [2.05, 4.69) is 0 Å². The molecular formula is C25H32O5. The maximum atomic E-state index is 12.7. The Bertz CT molecular complexity index is 795. The first kappa shape index (κ1) is 23.5. The number of rotatable bonds is 9. The van der Waals surface area contributed by atoms with Gasteiger partial charge in [0.1, 0.15) is 23.6 Å². The van der Waals surface area contributed by atoms with E-state index < -0.39 is 29.6 Å². The van der Waals surface area contributed by atoms with Gasteiger partial charge in [0.05, 0.1) is 12.3 Å². The van der Waals surface area contributed by atoms with E-state index in [1.54, 1.807) is 27.7 Å². The van der Waals surface area contributed by atoms with Crippen molar-refractivity contribution in [3.05, 3.63) is 66.2 Å². The molecule has 2 aromatic carbocycles. The van der Waals surface area contributed by atoms with Crippen LogP contribution in [0.5, 0.6) is 5.75 Å². The second kappa shape index (κ2) is 10.8. The smallest absolute Gasteiger partial charge is 0.309 e. The van der Waals surface area contributed by atoms with Crippen molar-refractivity contribution < 1.29 is 23.8 Å². The predicted octanol–water partition coefficient (Wildman–Crippen LogP) is 4.98. The highest BCUT2D eigenvalue weighted by Crippen LogP contribution is 2.19. The molecule has 0 heterocycles. The van der Waals surface area contributed by atoms with E-state index in [0.29, 0.717) is 12.2 Å². The van der Waals surface area contributed by atoms with Crippen LogP contribution < -0.4 is 4.74 Å². The topological polar surface area (TPSA) is 61.8 Å². The number of para-hydroxylation sites is 1. The van der Waals surface area contributed by atoms with Crippen molar-refractivity contribution in [2.24, 2.45) is 5.92 Å². The van der Waals surface area contributed by atoms with Gasteiger partial charge in [-0.25, -0.2) is 0 Å². The van der Waals surface area contributed by atoms with Gasteiger partial charge in [0.25, 0.3) is 0 Å². The molecule has 0 amide bonds. The molecule has 0 fully saturated rings. The molecule has 0 aliphatic rings. The first-order valence-corrected chi connectivity index (χ1v) is 10.3. The maximum Gasteiger partial charge on any atom is 0.309 e. The third-order valence-electron chi connectivity index (χ3n) is 4.43. The molecule has 0 aliphatic carbocycles. The number of benzene rings is 2. The van der Waals surface area contributed by atoms with E-state index in [4.69, 9.17) is 14.2 Å². The van der Waals surface area contributed by atoms with Crippen molar-refractivity contribution in [2.45, 2.75) is 65.3 Å². The van der Waals surface area contributed by atoms with Crippen LogP contribution in [-0.4, -0.2) is 29.7 Å². The summed E-state index contributed by atoms with van der Waals surface area (Å²) >= 11 is 0. The summed E-state index contributed by atoms with van der Waals surface area (Å²) < 4.78 is 17.1. The minimum atomic E-state index is -0.609. The Hall–Kier alpha value is -2.82. The Kier molecular flexibility index (Phi) is 8.46. The van der Waals surface area contributed by atoms with Gasteiger partial charge in [-0.15, -0.1) is 0 Å². The highest BCUT2D eigenvalue weighted by Gasteiger charge is 2.28. The number of hydrogen-bond acceptors (Lipinski definition) is 5. The zero-order valence-corrected chi connectivity index (χ0v) is 18.5. The van der Waals surface area contributed by atoms with Crippen LogP contribution in [-0.2, 0) is 25.5 Å². The van der Waals surface area contributed by atoms with Crippen molar-refractivity contribution in [1.29, 1.82) is 0 Å². The van der Waals surface area contributed by atoms with Crippen LogP contribution in [0.15, 0.2) is 60.7 Å². The van der Waals surface area contributed by atoms with Crippen LogP contribution in [0.2, 0.25) is 0 Å². The Morgan fingerprint density at radius 3 is 2.03 bits per heavy atom. The van der Waals surface area contributed by atoms with Crippen molar-refractivity contribution in [1.82, 2.24) is 0 Å². The average molecular weight is 413 g/mol. The number of ether oxygens (including phenoxy) is 3. The summed E-state index contributed by atoms with van der Waals surface area (Å²) in [6, 6.07) is 19.2. The van der Waals surface area contributed by atoms with Gasteiger partial charge < -0.3 is 14.2 Å². The second-order valence-electron chi connectivity index (χ2n) is 8.49. The van der Waals surface area contributed by atoms with Gasteiger partial charge in [0.15, 0.2) is 0 Å². The zero-order valence-electron chi connectivity index (χ0n) is 18.5.